The van der Waals surface area contributed by atoms with Crippen molar-refractivity contribution in [1.82, 2.24) is 19.8 Å². The fourth-order valence-electron chi connectivity index (χ4n) is 4.18. The molecule has 1 amide bonds. The topological polar surface area (TPSA) is 50.2 Å². The van der Waals surface area contributed by atoms with Crippen LogP contribution in [-0.2, 0) is 11.3 Å². The maximum atomic E-state index is 12.8. The SMILES string of the molecule is O=C(Cn1cnc2ccccc21)N1CCCC2(CCCNC2)C1. The molecular weight excluding hydrogens is 288 g/mol. The number of likely N-dealkylation sites (tertiary alicyclic amines) is 1. The molecule has 2 aliphatic heterocycles. The minimum Gasteiger partial charge on any atom is -0.341 e. The lowest BCUT2D eigenvalue weighted by Gasteiger charge is -2.45. The molecule has 122 valence electrons. The number of rotatable bonds is 2. The van der Waals surface area contributed by atoms with Gasteiger partial charge < -0.3 is 14.8 Å². The summed E-state index contributed by atoms with van der Waals surface area (Å²) in [6, 6.07) is 7.98. The van der Waals surface area contributed by atoms with Crippen molar-refractivity contribution < 1.29 is 4.79 Å². The first-order valence-corrected chi connectivity index (χ1v) is 8.64. The standard InChI is InChI=1S/C18H24N4O/c23-17(11-22-14-20-15-5-1-2-6-16(15)22)21-10-4-8-18(13-21)7-3-9-19-12-18/h1-2,5-6,14,19H,3-4,7-13H2. The van der Waals surface area contributed by atoms with Crippen molar-refractivity contribution in [3.63, 3.8) is 0 Å². The third kappa shape index (κ3) is 2.85. The molecule has 0 saturated carbocycles. The van der Waals surface area contributed by atoms with Crippen LogP contribution in [0.2, 0.25) is 0 Å². The Morgan fingerprint density at radius 2 is 2.13 bits per heavy atom. The Balaban J connectivity index is 1.48. The molecule has 1 aromatic heterocycles. The summed E-state index contributed by atoms with van der Waals surface area (Å²) in [6.07, 6.45) is 6.63. The zero-order valence-electron chi connectivity index (χ0n) is 13.5. The van der Waals surface area contributed by atoms with E-state index in [4.69, 9.17) is 0 Å². The molecule has 5 nitrogen and oxygen atoms in total. The molecule has 1 spiro atoms. The summed E-state index contributed by atoms with van der Waals surface area (Å²) in [5.74, 6) is 0.220. The second-order valence-electron chi connectivity index (χ2n) is 7.06. The number of nitrogens with one attached hydrogen (secondary N) is 1. The van der Waals surface area contributed by atoms with Crippen LogP contribution >= 0.6 is 0 Å². The maximum absolute atomic E-state index is 12.8. The van der Waals surface area contributed by atoms with Crippen molar-refractivity contribution in [2.75, 3.05) is 26.2 Å². The molecule has 2 aliphatic rings. The highest BCUT2D eigenvalue weighted by Crippen LogP contribution is 2.36. The number of hydrogen-bond acceptors (Lipinski definition) is 3. The van der Waals surface area contributed by atoms with Crippen molar-refractivity contribution in [1.29, 1.82) is 0 Å². The average Bonchev–Trinajstić information content (AvgIpc) is 2.99. The Morgan fingerprint density at radius 3 is 3.00 bits per heavy atom. The van der Waals surface area contributed by atoms with Crippen molar-refractivity contribution in [2.45, 2.75) is 32.2 Å². The van der Waals surface area contributed by atoms with E-state index in [1.54, 1.807) is 6.33 Å². The number of nitrogens with zero attached hydrogens (tertiary/aromatic N) is 3. The molecule has 1 unspecified atom stereocenters. The van der Waals surface area contributed by atoms with Crippen LogP contribution in [0.1, 0.15) is 25.7 Å². The van der Waals surface area contributed by atoms with Crippen LogP contribution in [0.5, 0.6) is 0 Å². The van der Waals surface area contributed by atoms with E-state index in [1.807, 2.05) is 28.8 Å². The second-order valence-corrected chi connectivity index (χ2v) is 7.06. The van der Waals surface area contributed by atoms with Gasteiger partial charge in [-0.05, 0) is 44.4 Å². The zero-order chi connectivity index (χ0) is 15.7. The van der Waals surface area contributed by atoms with E-state index < -0.39 is 0 Å². The van der Waals surface area contributed by atoms with Crippen molar-refractivity contribution in [2.24, 2.45) is 5.41 Å². The first kappa shape index (κ1) is 14.7. The number of fused-ring (bicyclic) bond motifs is 1. The molecule has 2 aromatic rings. The fourth-order valence-corrected chi connectivity index (χ4v) is 4.18. The van der Waals surface area contributed by atoms with Gasteiger partial charge >= 0.3 is 0 Å². The third-order valence-corrected chi connectivity index (χ3v) is 5.41. The number of carbonyl (C=O) groups is 1. The zero-order valence-corrected chi connectivity index (χ0v) is 13.5. The molecule has 0 bridgehead atoms. The van der Waals surface area contributed by atoms with E-state index >= 15 is 0 Å². The van der Waals surface area contributed by atoms with Crippen LogP contribution in [-0.4, -0.2) is 46.5 Å². The minimum atomic E-state index is 0.220. The minimum absolute atomic E-state index is 0.220. The molecule has 2 fully saturated rings. The monoisotopic (exact) mass is 312 g/mol. The smallest absolute Gasteiger partial charge is 0.242 e. The van der Waals surface area contributed by atoms with Crippen LogP contribution in [0.15, 0.2) is 30.6 Å². The summed E-state index contributed by atoms with van der Waals surface area (Å²) in [7, 11) is 0. The summed E-state index contributed by atoms with van der Waals surface area (Å²) in [4.78, 5) is 19.2. The van der Waals surface area contributed by atoms with Gasteiger partial charge in [-0.1, -0.05) is 12.1 Å². The van der Waals surface area contributed by atoms with Crippen LogP contribution in [0.3, 0.4) is 0 Å². The number of piperidine rings is 2. The molecule has 4 rings (SSSR count). The molecule has 5 heteroatoms. The lowest BCUT2D eigenvalue weighted by Crippen LogP contribution is -2.53. The molecule has 1 atom stereocenters. The molecule has 0 aliphatic carbocycles. The Hall–Kier alpha value is -1.88. The van der Waals surface area contributed by atoms with Crippen LogP contribution in [0.4, 0.5) is 0 Å². The maximum Gasteiger partial charge on any atom is 0.242 e. The summed E-state index contributed by atoms with van der Waals surface area (Å²) in [6.45, 7) is 4.38. The number of aromatic nitrogens is 2. The number of para-hydroxylation sites is 2. The number of carbonyl (C=O) groups excluding carboxylic acids is 1. The number of imidazole rings is 1. The van der Waals surface area contributed by atoms with Gasteiger partial charge in [-0.3, -0.25) is 4.79 Å². The van der Waals surface area contributed by atoms with E-state index in [-0.39, 0.29) is 5.91 Å². The van der Waals surface area contributed by atoms with Gasteiger partial charge in [0, 0.05) is 25.0 Å². The quantitative estimate of drug-likeness (QED) is 0.923. The molecule has 3 heterocycles. The summed E-state index contributed by atoms with van der Waals surface area (Å²) in [5.41, 5.74) is 2.29. The third-order valence-electron chi connectivity index (χ3n) is 5.41. The van der Waals surface area contributed by atoms with Gasteiger partial charge in [-0.2, -0.15) is 0 Å². The Kier molecular flexibility index (Phi) is 3.81. The van der Waals surface area contributed by atoms with Gasteiger partial charge in [0.05, 0.1) is 17.4 Å². The van der Waals surface area contributed by atoms with E-state index in [9.17, 15) is 4.79 Å². The van der Waals surface area contributed by atoms with Crippen molar-refractivity contribution in [3.05, 3.63) is 30.6 Å². The van der Waals surface area contributed by atoms with E-state index in [0.717, 1.165) is 43.6 Å². The highest BCUT2D eigenvalue weighted by Gasteiger charge is 2.37. The number of benzene rings is 1. The predicted octanol–water partition coefficient (Wildman–Crippen LogP) is 2.03. The Morgan fingerprint density at radius 1 is 1.26 bits per heavy atom. The highest BCUT2D eigenvalue weighted by atomic mass is 16.2. The van der Waals surface area contributed by atoms with Crippen LogP contribution in [0, 0.1) is 5.41 Å². The summed E-state index contributed by atoms with van der Waals surface area (Å²) < 4.78 is 1.97. The lowest BCUT2D eigenvalue weighted by atomic mass is 9.74. The second kappa shape index (κ2) is 5.96. The molecule has 2 saturated heterocycles. The fraction of sp³-hybridized carbons (Fsp3) is 0.556. The van der Waals surface area contributed by atoms with Crippen LogP contribution in [0.25, 0.3) is 11.0 Å². The first-order valence-electron chi connectivity index (χ1n) is 8.64. The largest absolute Gasteiger partial charge is 0.341 e. The van der Waals surface area contributed by atoms with E-state index in [1.165, 1.54) is 19.3 Å². The van der Waals surface area contributed by atoms with E-state index in [0.29, 0.717) is 12.0 Å². The number of hydrogen-bond donors (Lipinski definition) is 1. The lowest BCUT2D eigenvalue weighted by molar-refractivity contribution is -0.135. The molecule has 1 N–H and O–H groups in total. The van der Waals surface area contributed by atoms with Gasteiger partial charge in [0.25, 0.3) is 0 Å². The predicted molar refractivity (Wildman–Crippen MR) is 90.1 cm³/mol. The summed E-state index contributed by atoms with van der Waals surface area (Å²) in [5, 5.41) is 3.52. The van der Waals surface area contributed by atoms with Crippen molar-refractivity contribution >= 4 is 16.9 Å². The summed E-state index contributed by atoms with van der Waals surface area (Å²) >= 11 is 0. The highest BCUT2D eigenvalue weighted by molar-refractivity contribution is 5.80. The van der Waals surface area contributed by atoms with Gasteiger partial charge in [-0.25, -0.2) is 4.98 Å². The first-order chi connectivity index (χ1) is 11.3. The molecular formula is C18H24N4O. The Bertz CT molecular complexity index is 696. The van der Waals surface area contributed by atoms with E-state index in [2.05, 4.69) is 15.2 Å². The molecule has 23 heavy (non-hydrogen) atoms. The number of amides is 1. The van der Waals surface area contributed by atoms with Crippen molar-refractivity contribution in [3.8, 4) is 0 Å². The molecule has 0 radical (unpaired) electrons. The van der Waals surface area contributed by atoms with Gasteiger partial charge in [0.15, 0.2) is 0 Å². The van der Waals surface area contributed by atoms with Crippen LogP contribution < -0.4 is 5.32 Å². The van der Waals surface area contributed by atoms with Gasteiger partial charge in [0.1, 0.15) is 6.54 Å². The normalized spacial score (nSPS) is 25.1. The Labute approximate surface area is 136 Å². The molecule has 1 aromatic carbocycles. The average molecular weight is 312 g/mol. The van der Waals surface area contributed by atoms with Gasteiger partial charge in [0.2, 0.25) is 5.91 Å². The van der Waals surface area contributed by atoms with Gasteiger partial charge in [-0.15, -0.1) is 0 Å².